The van der Waals surface area contributed by atoms with Gasteiger partial charge in [-0.3, -0.25) is 11.3 Å². The molecule has 1 aromatic carbocycles. The quantitative estimate of drug-likeness (QED) is 0.577. The van der Waals surface area contributed by atoms with Crippen LogP contribution in [0, 0.1) is 12.8 Å². The summed E-state index contributed by atoms with van der Waals surface area (Å²) in [5.74, 6) is 6.96. The molecule has 0 fully saturated rings. The molecule has 0 spiro atoms. The van der Waals surface area contributed by atoms with Gasteiger partial charge in [0.25, 0.3) is 0 Å². The summed E-state index contributed by atoms with van der Waals surface area (Å²) < 4.78 is 10.5. The zero-order valence-electron chi connectivity index (χ0n) is 11.7. The standard InChI is InChI=1S/C14H24N2O2/c1-10-5-6-12(9-13(10)18-4)14(16-15)11(2)7-8-17-3/h5-6,9,11,14,16H,7-8,15H2,1-4H3. The number of nitrogens with two attached hydrogens (primary N) is 1. The van der Waals surface area contributed by atoms with Crippen molar-refractivity contribution >= 4 is 0 Å². The molecular formula is C14H24N2O2. The summed E-state index contributed by atoms with van der Waals surface area (Å²) >= 11 is 0. The molecular weight excluding hydrogens is 228 g/mol. The van der Waals surface area contributed by atoms with Crippen LogP contribution in [-0.4, -0.2) is 20.8 Å². The Morgan fingerprint density at radius 2 is 2.06 bits per heavy atom. The van der Waals surface area contributed by atoms with E-state index in [-0.39, 0.29) is 6.04 Å². The van der Waals surface area contributed by atoms with E-state index in [4.69, 9.17) is 15.3 Å². The van der Waals surface area contributed by atoms with E-state index in [1.807, 2.05) is 13.0 Å². The molecule has 1 aromatic rings. The molecule has 4 heteroatoms. The Morgan fingerprint density at radius 3 is 2.61 bits per heavy atom. The van der Waals surface area contributed by atoms with E-state index in [0.29, 0.717) is 5.92 Å². The van der Waals surface area contributed by atoms with E-state index in [1.165, 1.54) is 0 Å². The number of benzene rings is 1. The highest BCUT2D eigenvalue weighted by Crippen LogP contribution is 2.28. The molecule has 18 heavy (non-hydrogen) atoms. The molecule has 0 aliphatic heterocycles. The van der Waals surface area contributed by atoms with Crippen LogP contribution in [0.2, 0.25) is 0 Å². The van der Waals surface area contributed by atoms with Gasteiger partial charge in [-0.15, -0.1) is 0 Å². The minimum atomic E-state index is 0.106. The summed E-state index contributed by atoms with van der Waals surface area (Å²) in [6.45, 7) is 4.93. The molecule has 0 heterocycles. The van der Waals surface area contributed by atoms with Crippen LogP contribution in [0.5, 0.6) is 5.75 Å². The maximum absolute atomic E-state index is 5.68. The number of hydrogen-bond donors (Lipinski definition) is 2. The van der Waals surface area contributed by atoms with Crippen molar-refractivity contribution in [2.75, 3.05) is 20.8 Å². The highest BCUT2D eigenvalue weighted by Gasteiger charge is 2.18. The minimum absolute atomic E-state index is 0.106. The number of hydrogen-bond acceptors (Lipinski definition) is 4. The van der Waals surface area contributed by atoms with Crippen molar-refractivity contribution < 1.29 is 9.47 Å². The predicted octanol–water partition coefficient (Wildman–Crippen LogP) is 2.18. The van der Waals surface area contributed by atoms with Crippen molar-refractivity contribution in [1.29, 1.82) is 0 Å². The fraction of sp³-hybridized carbons (Fsp3) is 0.571. The molecule has 0 saturated heterocycles. The minimum Gasteiger partial charge on any atom is -0.496 e. The summed E-state index contributed by atoms with van der Waals surface area (Å²) in [4.78, 5) is 0. The zero-order valence-corrected chi connectivity index (χ0v) is 11.7. The van der Waals surface area contributed by atoms with Crippen molar-refractivity contribution in [2.45, 2.75) is 26.3 Å². The van der Waals surface area contributed by atoms with Gasteiger partial charge in [0.05, 0.1) is 7.11 Å². The number of methoxy groups -OCH3 is 2. The first-order valence-corrected chi connectivity index (χ1v) is 6.23. The van der Waals surface area contributed by atoms with Gasteiger partial charge in [0.1, 0.15) is 5.75 Å². The second kappa shape index (κ2) is 7.36. The lowest BCUT2D eigenvalue weighted by atomic mass is 9.92. The van der Waals surface area contributed by atoms with Gasteiger partial charge in [-0.2, -0.15) is 0 Å². The lowest BCUT2D eigenvalue weighted by Crippen LogP contribution is -2.33. The highest BCUT2D eigenvalue weighted by atomic mass is 16.5. The molecule has 1 rings (SSSR count). The Hall–Kier alpha value is -1.10. The Bertz CT molecular complexity index is 369. The highest BCUT2D eigenvalue weighted by molar-refractivity contribution is 5.38. The second-order valence-electron chi connectivity index (χ2n) is 4.63. The van der Waals surface area contributed by atoms with E-state index in [9.17, 15) is 0 Å². The molecule has 102 valence electrons. The Kier molecular flexibility index (Phi) is 6.12. The van der Waals surface area contributed by atoms with Crippen molar-refractivity contribution in [3.8, 4) is 5.75 Å². The number of aryl methyl sites for hydroxylation is 1. The maximum Gasteiger partial charge on any atom is 0.122 e. The van der Waals surface area contributed by atoms with E-state index in [0.717, 1.165) is 29.9 Å². The van der Waals surface area contributed by atoms with Crippen LogP contribution in [0.25, 0.3) is 0 Å². The molecule has 0 aliphatic rings. The van der Waals surface area contributed by atoms with Crippen molar-refractivity contribution in [3.63, 3.8) is 0 Å². The van der Waals surface area contributed by atoms with E-state index in [2.05, 4.69) is 24.5 Å². The van der Waals surface area contributed by atoms with E-state index < -0.39 is 0 Å². The summed E-state index contributed by atoms with van der Waals surface area (Å²) in [6, 6.07) is 6.30. The monoisotopic (exact) mass is 252 g/mol. The first kappa shape index (κ1) is 15.0. The van der Waals surface area contributed by atoms with Gasteiger partial charge in [0, 0.05) is 19.8 Å². The molecule has 2 unspecified atom stereocenters. The van der Waals surface area contributed by atoms with Gasteiger partial charge in [-0.1, -0.05) is 19.1 Å². The van der Waals surface area contributed by atoms with Gasteiger partial charge in [0.2, 0.25) is 0 Å². The largest absolute Gasteiger partial charge is 0.496 e. The molecule has 0 bridgehead atoms. The molecule has 0 radical (unpaired) electrons. The van der Waals surface area contributed by atoms with Crippen LogP contribution in [0.4, 0.5) is 0 Å². The van der Waals surface area contributed by atoms with Crippen molar-refractivity contribution in [2.24, 2.45) is 11.8 Å². The van der Waals surface area contributed by atoms with Gasteiger partial charge in [0.15, 0.2) is 0 Å². The normalized spacial score (nSPS) is 14.3. The number of nitrogens with one attached hydrogen (secondary N) is 1. The summed E-state index contributed by atoms with van der Waals surface area (Å²) in [5.41, 5.74) is 5.16. The average molecular weight is 252 g/mol. The van der Waals surface area contributed by atoms with E-state index >= 15 is 0 Å². The number of hydrazine groups is 1. The third kappa shape index (κ3) is 3.70. The molecule has 2 atom stereocenters. The molecule has 0 aliphatic carbocycles. The van der Waals surface area contributed by atoms with Gasteiger partial charge in [-0.25, -0.2) is 0 Å². The van der Waals surface area contributed by atoms with Crippen LogP contribution in [0.15, 0.2) is 18.2 Å². The number of ether oxygens (including phenoxy) is 2. The maximum atomic E-state index is 5.68. The molecule has 0 saturated carbocycles. The number of rotatable bonds is 7. The van der Waals surface area contributed by atoms with Crippen LogP contribution in [0.1, 0.15) is 30.5 Å². The predicted molar refractivity (Wildman–Crippen MR) is 73.5 cm³/mol. The third-order valence-corrected chi connectivity index (χ3v) is 3.32. The van der Waals surface area contributed by atoms with Gasteiger partial charge < -0.3 is 9.47 Å². The lowest BCUT2D eigenvalue weighted by Gasteiger charge is -2.24. The van der Waals surface area contributed by atoms with Crippen molar-refractivity contribution in [3.05, 3.63) is 29.3 Å². The fourth-order valence-corrected chi connectivity index (χ4v) is 2.09. The fourth-order valence-electron chi connectivity index (χ4n) is 2.09. The molecule has 0 aromatic heterocycles. The summed E-state index contributed by atoms with van der Waals surface area (Å²) in [5, 5.41) is 0. The van der Waals surface area contributed by atoms with Crippen molar-refractivity contribution in [1.82, 2.24) is 5.43 Å². The Morgan fingerprint density at radius 1 is 1.33 bits per heavy atom. The summed E-state index contributed by atoms with van der Waals surface area (Å²) in [7, 11) is 3.40. The zero-order chi connectivity index (χ0) is 13.5. The lowest BCUT2D eigenvalue weighted by molar-refractivity contribution is 0.170. The molecule has 0 amide bonds. The third-order valence-electron chi connectivity index (χ3n) is 3.32. The Balaban J connectivity index is 2.87. The Labute approximate surface area is 109 Å². The SMILES string of the molecule is COCCC(C)C(NN)c1ccc(C)c(OC)c1. The summed E-state index contributed by atoms with van der Waals surface area (Å²) in [6.07, 6.45) is 0.960. The van der Waals surface area contributed by atoms with Gasteiger partial charge in [-0.05, 0) is 36.5 Å². The van der Waals surface area contributed by atoms with Crippen LogP contribution in [0.3, 0.4) is 0 Å². The first-order valence-electron chi connectivity index (χ1n) is 6.23. The topological polar surface area (TPSA) is 56.5 Å². The average Bonchev–Trinajstić information content (AvgIpc) is 2.39. The van der Waals surface area contributed by atoms with Crippen LogP contribution in [-0.2, 0) is 4.74 Å². The van der Waals surface area contributed by atoms with Gasteiger partial charge >= 0.3 is 0 Å². The van der Waals surface area contributed by atoms with Crippen LogP contribution < -0.4 is 16.0 Å². The van der Waals surface area contributed by atoms with E-state index in [1.54, 1.807) is 14.2 Å². The first-order chi connectivity index (χ1) is 8.63. The second-order valence-corrected chi connectivity index (χ2v) is 4.63. The smallest absolute Gasteiger partial charge is 0.122 e. The molecule has 4 nitrogen and oxygen atoms in total. The molecule has 3 N–H and O–H groups in total. The van der Waals surface area contributed by atoms with Crippen LogP contribution >= 0.6 is 0 Å².